The zero-order chi connectivity index (χ0) is 13.9. The minimum absolute atomic E-state index is 0.847. The van der Waals surface area contributed by atoms with Crippen molar-refractivity contribution in [3.63, 3.8) is 0 Å². The molecule has 0 radical (unpaired) electrons. The summed E-state index contributed by atoms with van der Waals surface area (Å²) in [5.74, 6) is 0.847. The zero-order valence-corrected chi connectivity index (χ0v) is 12.4. The van der Waals surface area contributed by atoms with Crippen LogP contribution in [0, 0.1) is 0 Å². The van der Waals surface area contributed by atoms with E-state index >= 15 is 0 Å². The highest BCUT2D eigenvalue weighted by Gasteiger charge is 2.22. The summed E-state index contributed by atoms with van der Waals surface area (Å²) in [6.45, 7) is 3.97. The summed E-state index contributed by atoms with van der Waals surface area (Å²) in [5.41, 5.74) is 5.37. The van der Waals surface area contributed by atoms with Gasteiger partial charge in [-0.25, -0.2) is 0 Å². The van der Waals surface area contributed by atoms with Crippen LogP contribution in [0.15, 0.2) is 30.5 Å². The van der Waals surface area contributed by atoms with Gasteiger partial charge in [0.15, 0.2) is 0 Å². The lowest BCUT2D eigenvalue weighted by molar-refractivity contribution is 0.688. The van der Waals surface area contributed by atoms with Gasteiger partial charge in [-0.15, -0.1) is 0 Å². The number of aromatic nitrogens is 2. The molecular formula is C17H23N3. The van der Waals surface area contributed by atoms with Crippen LogP contribution in [0.3, 0.4) is 0 Å². The second kappa shape index (κ2) is 5.80. The maximum atomic E-state index is 4.47. The van der Waals surface area contributed by atoms with Crippen molar-refractivity contribution < 1.29 is 0 Å². The summed E-state index contributed by atoms with van der Waals surface area (Å²) >= 11 is 0. The van der Waals surface area contributed by atoms with Gasteiger partial charge in [0.25, 0.3) is 0 Å². The molecule has 1 aliphatic rings. The summed E-state index contributed by atoms with van der Waals surface area (Å²) < 4.78 is 1.90. The van der Waals surface area contributed by atoms with Crippen LogP contribution < -0.4 is 5.32 Å². The maximum absolute atomic E-state index is 4.47. The van der Waals surface area contributed by atoms with Gasteiger partial charge in [-0.3, -0.25) is 4.68 Å². The normalized spacial score (nSPS) is 14.7. The van der Waals surface area contributed by atoms with E-state index in [4.69, 9.17) is 0 Å². The summed E-state index contributed by atoms with van der Waals surface area (Å²) in [6.07, 6.45) is 5.85. The molecule has 0 bridgehead atoms. The molecule has 1 aliphatic carbocycles. The van der Waals surface area contributed by atoms with Crippen LogP contribution in [0.1, 0.15) is 48.1 Å². The van der Waals surface area contributed by atoms with Gasteiger partial charge < -0.3 is 5.32 Å². The number of benzene rings is 1. The highest BCUT2D eigenvalue weighted by molar-refractivity contribution is 5.28. The highest BCUT2D eigenvalue weighted by Crippen LogP contribution is 2.39. The number of nitrogens with one attached hydrogen (secondary N) is 1. The van der Waals surface area contributed by atoms with Gasteiger partial charge in [0.1, 0.15) is 0 Å². The number of rotatable bonds is 6. The van der Waals surface area contributed by atoms with Crippen LogP contribution in [0.25, 0.3) is 0 Å². The van der Waals surface area contributed by atoms with Gasteiger partial charge in [0, 0.05) is 31.9 Å². The van der Waals surface area contributed by atoms with Crippen molar-refractivity contribution in [3.05, 3.63) is 52.8 Å². The Kier molecular flexibility index (Phi) is 3.88. The smallest absolute Gasteiger partial charge is 0.0666 e. The molecule has 0 amide bonds. The molecule has 0 unspecified atom stereocenters. The van der Waals surface area contributed by atoms with Gasteiger partial charge in [0.2, 0.25) is 0 Å². The van der Waals surface area contributed by atoms with E-state index in [-0.39, 0.29) is 0 Å². The summed E-state index contributed by atoms with van der Waals surface area (Å²) in [7, 11) is 1.99. The van der Waals surface area contributed by atoms with Crippen molar-refractivity contribution in [1.29, 1.82) is 0 Å². The molecule has 1 fully saturated rings. The number of hydrogen-bond donors (Lipinski definition) is 1. The van der Waals surface area contributed by atoms with Crippen LogP contribution in [0.4, 0.5) is 0 Å². The Bertz CT molecular complexity index is 564. The van der Waals surface area contributed by atoms with Gasteiger partial charge >= 0.3 is 0 Å². The third-order valence-electron chi connectivity index (χ3n) is 4.00. The number of aryl methyl sites for hydroxylation is 2. The fourth-order valence-electron chi connectivity index (χ4n) is 2.69. The Labute approximate surface area is 121 Å². The predicted octanol–water partition coefficient (Wildman–Crippen LogP) is 3.15. The van der Waals surface area contributed by atoms with E-state index < -0.39 is 0 Å². The van der Waals surface area contributed by atoms with E-state index in [1.54, 1.807) is 0 Å². The molecule has 0 atom stereocenters. The van der Waals surface area contributed by atoms with Crippen LogP contribution in [-0.2, 0) is 26.6 Å². The van der Waals surface area contributed by atoms with E-state index in [1.165, 1.54) is 35.2 Å². The molecule has 1 aromatic heterocycles. The van der Waals surface area contributed by atoms with Crippen LogP contribution in [0.5, 0.6) is 0 Å². The van der Waals surface area contributed by atoms with Crippen molar-refractivity contribution in [2.24, 2.45) is 7.05 Å². The minimum atomic E-state index is 0.847. The van der Waals surface area contributed by atoms with Gasteiger partial charge in [-0.2, -0.15) is 5.10 Å². The molecule has 2 aromatic rings. The molecule has 0 spiro atoms. The highest BCUT2D eigenvalue weighted by atomic mass is 15.3. The lowest BCUT2D eigenvalue weighted by Crippen LogP contribution is -2.13. The Balaban J connectivity index is 1.53. The molecule has 106 valence electrons. The first-order chi connectivity index (χ1) is 9.76. The van der Waals surface area contributed by atoms with Gasteiger partial charge in [0.05, 0.1) is 5.69 Å². The van der Waals surface area contributed by atoms with Crippen molar-refractivity contribution >= 4 is 0 Å². The molecule has 3 heteroatoms. The summed E-state index contributed by atoms with van der Waals surface area (Å²) in [5, 5.41) is 7.99. The van der Waals surface area contributed by atoms with Gasteiger partial charge in [-0.05, 0) is 36.3 Å². The largest absolute Gasteiger partial charge is 0.308 e. The summed E-state index contributed by atoms with van der Waals surface area (Å²) in [6, 6.07) is 9.09. The Morgan fingerprint density at radius 3 is 2.60 bits per heavy atom. The SMILES string of the molecule is CCc1nn(C)cc1CNCc1ccc(C2CC2)cc1. The van der Waals surface area contributed by atoms with Crippen LogP contribution >= 0.6 is 0 Å². The second-order valence-corrected chi connectivity index (χ2v) is 5.75. The average Bonchev–Trinajstić information content (AvgIpc) is 3.24. The van der Waals surface area contributed by atoms with E-state index in [9.17, 15) is 0 Å². The first-order valence-electron chi connectivity index (χ1n) is 7.57. The maximum Gasteiger partial charge on any atom is 0.0666 e. The third kappa shape index (κ3) is 3.10. The van der Waals surface area contributed by atoms with E-state index in [1.807, 2.05) is 11.7 Å². The monoisotopic (exact) mass is 269 g/mol. The lowest BCUT2D eigenvalue weighted by atomic mass is 10.1. The molecule has 3 rings (SSSR count). The second-order valence-electron chi connectivity index (χ2n) is 5.75. The molecule has 3 nitrogen and oxygen atoms in total. The Morgan fingerprint density at radius 2 is 1.95 bits per heavy atom. The molecular weight excluding hydrogens is 246 g/mol. The molecule has 1 heterocycles. The van der Waals surface area contributed by atoms with Crippen molar-refractivity contribution in [1.82, 2.24) is 15.1 Å². The molecule has 1 N–H and O–H groups in total. The molecule has 1 aromatic carbocycles. The van der Waals surface area contributed by atoms with E-state index in [0.29, 0.717) is 0 Å². The van der Waals surface area contributed by atoms with Gasteiger partial charge in [-0.1, -0.05) is 31.2 Å². The zero-order valence-electron chi connectivity index (χ0n) is 12.4. The van der Waals surface area contributed by atoms with E-state index in [2.05, 4.69) is 47.8 Å². The Hall–Kier alpha value is -1.61. The quantitative estimate of drug-likeness (QED) is 0.873. The standard InChI is InChI=1S/C17H23N3/c1-3-17-16(12-20(2)19-17)11-18-10-13-4-6-14(7-5-13)15-8-9-15/h4-7,12,15,18H,3,8-11H2,1-2H3. The van der Waals surface area contributed by atoms with Crippen molar-refractivity contribution in [2.75, 3.05) is 0 Å². The average molecular weight is 269 g/mol. The first-order valence-corrected chi connectivity index (χ1v) is 7.57. The predicted molar refractivity (Wildman–Crippen MR) is 81.5 cm³/mol. The summed E-state index contributed by atoms with van der Waals surface area (Å²) in [4.78, 5) is 0. The fraction of sp³-hybridized carbons (Fsp3) is 0.471. The first kappa shape index (κ1) is 13.4. The van der Waals surface area contributed by atoms with Crippen LogP contribution in [0.2, 0.25) is 0 Å². The number of hydrogen-bond acceptors (Lipinski definition) is 2. The lowest BCUT2D eigenvalue weighted by Gasteiger charge is -2.06. The van der Waals surface area contributed by atoms with Crippen molar-refractivity contribution in [3.8, 4) is 0 Å². The third-order valence-corrected chi connectivity index (χ3v) is 4.00. The Morgan fingerprint density at radius 1 is 1.20 bits per heavy atom. The topological polar surface area (TPSA) is 29.9 Å². The fourth-order valence-corrected chi connectivity index (χ4v) is 2.69. The van der Waals surface area contributed by atoms with Crippen LogP contribution in [-0.4, -0.2) is 9.78 Å². The number of nitrogens with zero attached hydrogens (tertiary/aromatic N) is 2. The molecule has 0 saturated heterocycles. The molecule has 20 heavy (non-hydrogen) atoms. The van der Waals surface area contributed by atoms with E-state index in [0.717, 1.165) is 25.4 Å². The molecule has 1 saturated carbocycles. The minimum Gasteiger partial charge on any atom is -0.308 e. The van der Waals surface area contributed by atoms with Crippen molar-refractivity contribution in [2.45, 2.75) is 45.2 Å². The molecule has 0 aliphatic heterocycles.